The molecule has 0 aromatic heterocycles. The van der Waals surface area contributed by atoms with Crippen molar-refractivity contribution in [2.24, 2.45) is 17.8 Å². The second-order valence-corrected chi connectivity index (χ2v) is 5.00. The zero-order valence-corrected chi connectivity index (χ0v) is 10.2. The molecular formula is C15H15NO2. The molecule has 3 rings (SSSR count). The number of anilines is 1. The Balaban J connectivity index is 2.00. The van der Waals surface area contributed by atoms with Crippen LogP contribution >= 0.6 is 0 Å². The average molecular weight is 241 g/mol. The summed E-state index contributed by atoms with van der Waals surface area (Å²) in [6.07, 6.45) is 4.75. The highest BCUT2D eigenvalue weighted by Crippen LogP contribution is 2.40. The molecule has 0 N–H and O–H groups in total. The lowest BCUT2D eigenvalue weighted by molar-refractivity contribution is -0.122. The second-order valence-electron chi connectivity index (χ2n) is 5.00. The van der Waals surface area contributed by atoms with E-state index in [0.29, 0.717) is 12.1 Å². The van der Waals surface area contributed by atoms with Gasteiger partial charge in [-0.2, -0.15) is 0 Å². The fourth-order valence-corrected chi connectivity index (χ4v) is 2.98. The number of rotatable bonds is 1. The number of benzene rings is 1. The van der Waals surface area contributed by atoms with Crippen molar-refractivity contribution in [2.75, 3.05) is 4.90 Å². The molecule has 2 amide bonds. The number of hydrogen-bond acceptors (Lipinski definition) is 2. The summed E-state index contributed by atoms with van der Waals surface area (Å²) in [4.78, 5) is 26.2. The Bertz CT molecular complexity index is 521. The van der Waals surface area contributed by atoms with Gasteiger partial charge in [-0.05, 0) is 24.5 Å². The van der Waals surface area contributed by atoms with E-state index in [2.05, 4.69) is 0 Å². The Morgan fingerprint density at radius 3 is 2.50 bits per heavy atom. The van der Waals surface area contributed by atoms with Crippen LogP contribution in [-0.4, -0.2) is 11.8 Å². The molecule has 2 aliphatic rings. The third kappa shape index (κ3) is 1.50. The highest BCUT2D eigenvalue weighted by atomic mass is 16.2. The number of nitrogens with zero attached hydrogens (tertiary/aromatic N) is 1. The number of fused-ring (bicyclic) bond motifs is 1. The zero-order chi connectivity index (χ0) is 12.7. The summed E-state index contributed by atoms with van der Waals surface area (Å²) in [6, 6.07) is 9.20. The first-order valence-electron chi connectivity index (χ1n) is 6.29. The number of imide groups is 1. The smallest absolute Gasteiger partial charge is 0.238 e. The minimum absolute atomic E-state index is 0.0481. The molecule has 0 radical (unpaired) electrons. The molecule has 0 bridgehead atoms. The fraction of sp³-hybridized carbons (Fsp3) is 0.333. The molecular weight excluding hydrogens is 226 g/mol. The van der Waals surface area contributed by atoms with Crippen molar-refractivity contribution in [1.29, 1.82) is 0 Å². The van der Waals surface area contributed by atoms with Crippen LogP contribution in [0.5, 0.6) is 0 Å². The van der Waals surface area contributed by atoms with E-state index in [-0.39, 0.29) is 29.6 Å². The van der Waals surface area contributed by atoms with Crippen LogP contribution in [0.2, 0.25) is 0 Å². The maximum absolute atomic E-state index is 12.4. The number of carbonyl (C=O) groups excluding carboxylic acids is 2. The zero-order valence-electron chi connectivity index (χ0n) is 10.2. The molecule has 92 valence electrons. The van der Waals surface area contributed by atoms with Gasteiger partial charge in [0.1, 0.15) is 0 Å². The Labute approximate surface area is 106 Å². The first-order chi connectivity index (χ1) is 8.70. The summed E-state index contributed by atoms with van der Waals surface area (Å²) in [7, 11) is 0. The fourth-order valence-electron chi connectivity index (χ4n) is 2.98. The first kappa shape index (κ1) is 11.2. The summed E-state index contributed by atoms with van der Waals surface area (Å²) in [5, 5.41) is 0. The highest BCUT2D eigenvalue weighted by Gasteiger charge is 2.50. The summed E-state index contributed by atoms with van der Waals surface area (Å²) in [5.41, 5.74) is 0.689. The molecule has 3 nitrogen and oxygen atoms in total. The molecule has 1 heterocycles. The van der Waals surface area contributed by atoms with Gasteiger partial charge in [0.25, 0.3) is 0 Å². The number of hydrogen-bond donors (Lipinski definition) is 0. The van der Waals surface area contributed by atoms with Crippen LogP contribution in [0.25, 0.3) is 0 Å². The molecule has 1 aliphatic heterocycles. The SMILES string of the molecule is C[C@H]1C=CC[C@@H]2C(=O)N(c3ccccc3)C(=O)[C@@H]21. The van der Waals surface area contributed by atoms with E-state index in [9.17, 15) is 9.59 Å². The average Bonchev–Trinajstić information content (AvgIpc) is 2.64. The summed E-state index contributed by atoms with van der Waals surface area (Å²) >= 11 is 0. The maximum atomic E-state index is 12.4. The number of carbonyl (C=O) groups is 2. The van der Waals surface area contributed by atoms with Crippen LogP contribution in [0.4, 0.5) is 5.69 Å². The molecule has 18 heavy (non-hydrogen) atoms. The van der Waals surface area contributed by atoms with Gasteiger partial charge in [-0.25, -0.2) is 0 Å². The maximum Gasteiger partial charge on any atom is 0.238 e. The van der Waals surface area contributed by atoms with Gasteiger partial charge in [0.15, 0.2) is 0 Å². The Hall–Kier alpha value is -1.90. The third-order valence-corrected chi connectivity index (χ3v) is 3.89. The number of allylic oxidation sites excluding steroid dienone is 2. The van der Waals surface area contributed by atoms with Crippen molar-refractivity contribution in [2.45, 2.75) is 13.3 Å². The quantitative estimate of drug-likeness (QED) is 0.559. The minimum atomic E-state index is -0.178. The van der Waals surface area contributed by atoms with Gasteiger partial charge in [0.05, 0.1) is 17.5 Å². The van der Waals surface area contributed by atoms with Gasteiger partial charge in [0, 0.05) is 0 Å². The van der Waals surface area contributed by atoms with Crippen LogP contribution in [0.1, 0.15) is 13.3 Å². The van der Waals surface area contributed by atoms with Crippen LogP contribution in [0.15, 0.2) is 42.5 Å². The van der Waals surface area contributed by atoms with Gasteiger partial charge in [-0.1, -0.05) is 37.3 Å². The van der Waals surface area contributed by atoms with Crippen molar-refractivity contribution in [3.05, 3.63) is 42.5 Å². The molecule has 0 unspecified atom stereocenters. The van der Waals surface area contributed by atoms with Crippen molar-refractivity contribution >= 4 is 17.5 Å². The molecule has 3 heteroatoms. The topological polar surface area (TPSA) is 37.4 Å². The van der Waals surface area contributed by atoms with E-state index in [1.165, 1.54) is 4.90 Å². The van der Waals surface area contributed by atoms with E-state index < -0.39 is 0 Å². The van der Waals surface area contributed by atoms with E-state index in [1.54, 1.807) is 0 Å². The second kappa shape index (κ2) is 4.09. The van der Waals surface area contributed by atoms with Crippen molar-refractivity contribution in [3.8, 4) is 0 Å². The largest absolute Gasteiger partial charge is 0.274 e. The molecule has 1 saturated heterocycles. The van der Waals surface area contributed by atoms with E-state index >= 15 is 0 Å². The summed E-state index contributed by atoms with van der Waals surface area (Å²) in [5.74, 6) is -0.297. The monoisotopic (exact) mass is 241 g/mol. The summed E-state index contributed by atoms with van der Waals surface area (Å²) < 4.78 is 0. The van der Waals surface area contributed by atoms with Crippen LogP contribution < -0.4 is 4.90 Å². The van der Waals surface area contributed by atoms with E-state index in [0.717, 1.165) is 0 Å². The molecule has 0 saturated carbocycles. The predicted octanol–water partition coefficient (Wildman–Crippen LogP) is 2.39. The highest BCUT2D eigenvalue weighted by molar-refractivity contribution is 6.22. The minimum Gasteiger partial charge on any atom is -0.274 e. The Kier molecular flexibility index (Phi) is 2.54. The lowest BCUT2D eigenvalue weighted by atomic mass is 9.78. The lowest BCUT2D eigenvalue weighted by Crippen LogP contribution is -2.31. The van der Waals surface area contributed by atoms with Crippen LogP contribution in [0, 0.1) is 17.8 Å². The number of para-hydroxylation sites is 1. The number of amides is 2. The van der Waals surface area contributed by atoms with Crippen molar-refractivity contribution in [3.63, 3.8) is 0 Å². The normalized spacial score (nSPS) is 30.7. The Morgan fingerprint density at radius 1 is 1.11 bits per heavy atom. The predicted molar refractivity (Wildman–Crippen MR) is 68.8 cm³/mol. The summed E-state index contributed by atoms with van der Waals surface area (Å²) in [6.45, 7) is 2.01. The van der Waals surface area contributed by atoms with Gasteiger partial charge < -0.3 is 0 Å². The molecule has 3 atom stereocenters. The van der Waals surface area contributed by atoms with Gasteiger partial charge in [-0.15, -0.1) is 0 Å². The van der Waals surface area contributed by atoms with Gasteiger partial charge in [-0.3, -0.25) is 14.5 Å². The van der Waals surface area contributed by atoms with Gasteiger partial charge >= 0.3 is 0 Å². The van der Waals surface area contributed by atoms with E-state index in [4.69, 9.17) is 0 Å². The third-order valence-electron chi connectivity index (χ3n) is 3.89. The molecule has 1 aromatic carbocycles. The molecule has 0 spiro atoms. The molecule has 1 fully saturated rings. The molecule has 1 aromatic rings. The Morgan fingerprint density at radius 2 is 1.83 bits per heavy atom. The standard InChI is InChI=1S/C15H15NO2/c1-10-6-5-9-12-13(10)15(18)16(14(12)17)11-7-3-2-4-8-11/h2-8,10,12-13H,9H2,1H3/t10-,12-,13+/m0/s1. The molecule has 1 aliphatic carbocycles. The van der Waals surface area contributed by atoms with E-state index in [1.807, 2.05) is 49.4 Å². The van der Waals surface area contributed by atoms with Gasteiger partial charge in [0.2, 0.25) is 11.8 Å². The van der Waals surface area contributed by atoms with Crippen molar-refractivity contribution in [1.82, 2.24) is 0 Å². The van der Waals surface area contributed by atoms with Crippen LogP contribution in [0.3, 0.4) is 0 Å². The first-order valence-corrected chi connectivity index (χ1v) is 6.29. The van der Waals surface area contributed by atoms with Crippen LogP contribution in [-0.2, 0) is 9.59 Å². The lowest BCUT2D eigenvalue weighted by Gasteiger charge is -2.22. The van der Waals surface area contributed by atoms with Crippen molar-refractivity contribution < 1.29 is 9.59 Å².